The van der Waals surface area contributed by atoms with Crippen molar-refractivity contribution in [2.75, 3.05) is 0 Å². The lowest BCUT2D eigenvalue weighted by Gasteiger charge is -1.96. The molecule has 0 bridgehead atoms. The summed E-state index contributed by atoms with van der Waals surface area (Å²) in [5.41, 5.74) is 0. The van der Waals surface area contributed by atoms with Gasteiger partial charge >= 0.3 is 0 Å². The Kier molecular flexibility index (Phi) is 2.79. The second kappa shape index (κ2) is 3.55. The lowest BCUT2D eigenvalue weighted by molar-refractivity contribution is 1.72. The molecule has 0 unspecified atom stereocenters. The van der Waals surface area contributed by atoms with Gasteiger partial charge in [0.2, 0.25) is 0 Å². The quantitative estimate of drug-likeness (QED) is 0.527. The van der Waals surface area contributed by atoms with Crippen molar-refractivity contribution in [2.45, 2.75) is 0 Å². The van der Waals surface area contributed by atoms with Gasteiger partial charge in [0.05, 0.1) is 4.70 Å². The van der Waals surface area contributed by atoms with E-state index in [-0.39, 0.29) is 0 Å². The number of thiophene rings is 1. The SMILES string of the molecule is Brc1ccc(I)c2c(Br)csc12. The van der Waals surface area contributed by atoms with Crippen molar-refractivity contribution in [1.29, 1.82) is 0 Å². The van der Waals surface area contributed by atoms with Crippen LogP contribution in [0.3, 0.4) is 0 Å². The average Bonchev–Trinajstić information content (AvgIpc) is 2.42. The smallest absolute Gasteiger partial charge is 0.0507 e. The predicted octanol–water partition coefficient (Wildman–Crippen LogP) is 5.03. The molecule has 4 heteroatoms. The summed E-state index contributed by atoms with van der Waals surface area (Å²) in [5, 5.41) is 3.44. The van der Waals surface area contributed by atoms with E-state index in [2.05, 4.69) is 72.0 Å². The van der Waals surface area contributed by atoms with Gasteiger partial charge in [0.15, 0.2) is 0 Å². The van der Waals surface area contributed by atoms with Crippen LogP contribution in [0.15, 0.2) is 26.5 Å². The van der Waals surface area contributed by atoms with E-state index in [9.17, 15) is 0 Å². The molecule has 0 saturated carbocycles. The predicted molar refractivity (Wildman–Crippen MR) is 69.9 cm³/mol. The Balaban J connectivity index is 2.98. The zero-order valence-electron chi connectivity index (χ0n) is 5.77. The highest BCUT2D eigenvalue weighted by Crippen LogP contribution is 2.37. The lowest BCUT2D eigenvalue weighted by Crippen LogP contribution is -1.73. The third-order valence-electron chi connectivity index (χ3n) is 1.58. The van der Waals surface area contributed by atoms with Crippen LogP contribution in [0, 0.1) is 3.57 Å². The highest BCUT2D eigenvalue weighted by atomic mass is 127. The summed E-state index contributed by atoms with van der Waals surface area (Å²) < 4.78 is 4.97. The molecule has 62 valence electrons. The molecular formula is C8H3Br2IS. The summed E-state index contributed by atoms with van der Waals surface area (Å²) in [6.07, 6.45) is 0. The minimum Gasteiger partial charge on any atom is -0.141 e. The molecule has 0 N–H and O–H groups in total. The fourth-order valence-electron chi connectivity index (χ4n) is 1.04. The first-order chi connectivity index (χ1) is 5.70. The van der Waals surface area contributed by atoms with Crippen LogP contribution >= 0.6 is 65.8 Å². The molecule has 0 aliphatic rings. The summed E-state index contributed by atoms with van der Waals surface area (Å²) in [6, 6.07) is 4.21. The molecule has 12 heavy (non-hydrogen) atoms. The van der Waals surface area contributed by atoms with Crippen LogP contribution in [0.1, 0.15) is 0 Å². The highest BCUT2D eigenvalue weighted by molar-refractivity contribution is 14.1. The Bertz CT molecular complexity index is 436. The van der Waals surface area contributed by atoms with Gasteiger partial charge in [-0.05, 0) is 66.6 Å². The molecule has 2 rings (SSSR count). The molecule has 0 atom stereocenters. The van der Waals surface area contributed by atoms with Gasteiger partial charge in [-0.1, -0.05) is 0 Å². The summed E-state index contributed by atoms with van der Waals surface area (Å²) in [4.78, 5) is 0. The van der Waals surface area contributed by atoms with Crippen molar-refractivity contribution in [3.63, 3.8) is 0 Å². The first kappa shape index (κ1) is 9.43. The van der Waals surface area contributed by atoms with Crippen LogP contribution in [0.5, 0.6) is 0 Å². The minimum absolute atomic E-state index is 1.17. The third kappa shape index (κ3) is 1.47. The van der Waals surface area contributed by atoms with Gasteiger partial charge in [0, 0.05) is 23.3 Å². The van der Waals surface area contributed by atoms with Gasteiger partial charge in [-0.25, -0.2) is 0 Å². The summed E-state index contributed by atoms with van der Waals surface area (Å²) in [5.74, 6) is 0. The van der Waals surface area contributed by atoms with E-state index < -0.39 is 0 Å². The standard InChI is InChI=1S/C8H3Br2IS/c9-4-1-2-6(11)7-5(10)3-12-8(4)7/h1-3H. The fourth-order valence-corrected chi connectivity index (χ4v) is 4.63. The van der Waals surface area contributed by atoms with Crippen molar-refractivity contribution in [2.24, 2.45) is 0 Å². The van der Waals surface area contributed by atoms with Gasteiger partial charge < -0.3 is 0 Å². The topological polar surface area (TPSA) is 0 Å². The van der Waals surface area contributed by atoms with Crippen molar-refractivity contribution in [3.05, 3.63) is 30.0 Å². The third-order valence-corrected chi connectivity index (χ3v) is 5.34. The first-order valence-electron chi connectivity index (χ1n) is 3.21. The maximum Gasteiger partial charge on any atom is 0.0507 e. The van der Waals surface area contributed by atoms with Crippen LogP contribution in [0.4, 0.5) is 0 Å². The van der Waals surface area contributed by atoms with Crippen LogP contribution in [-0.2, 0) is 0 Å². The van der Waals surface area contributed by atoms with Gasteiger partial charge in [-0.15, -0.1) is 11.3 Å². The Morgan fingerprint density at radius 1 is 1.17 bits per heavy atom. The highest BCUT2D eigenvalue weighted by Gasteiger charge is 2.07. The van der Waals surface area contributed by atoms with Crippen molar-refractivity contribution < 1.29 is 0 Å². The lowest BCUT2D eigenvalue weighted by atomic mass is 10.3. The van der Waals surface area contributed by atoms with E-state index in [0.717, 1.165) is 0 Å². The molecule has 0 nitrogen and oxygen atoms in total. The molecule has 0 amide bonds. The van der Waals surface area contributed by atoms with Crippen molar-refractivity contribution in [3.8, 4) is 0 Å². The first-order valence-corrected chi connectivity index (χ1v) is 6.75. The van der Waals surface area contributed by atoms with Crippen molar-refractivity contribution >= 4 is 75.9 Å². The van der Waals surface area contributed by atoms with E-state index in [1.54, 1.807) is 11.3 Å². The zero-order valence-corrected chi connectivity index (χ0v) is 11.9. The number of rotatable bonds is 0. The maximum atomic E-state index is 3.54. The average molecular weight is 418 g/mol. The number of fused-ring (bicyclic) bond motifs is 1. The Labute approximate surface area is 105 Å². The monoisotopic (exact) mass is 416 g/mol. The fraction of sp³-hybridized carbons (Fsp3) is 0. The summed E-state index contributed by atoms with van der Waals surface area (Å²) in [7, 11) is 0. The second-order valence-electron chi connectivity index (χ2n) is 2.32. The van der Waals surface area contributed by atoms with Gasteiger partial charge in [0.1, 0.15) is 0 Å². The van der Waals surface area contributed by atoms with E-state index in [1.807, 2.05) is 0 Å². The normalized spacial score (nSPS) is 10.9. The molecule has 1 heterocycles. The molecule has 0 radical (unpaired) electrons. The minimum atomic E-state index is 1.17. The van der Waals surface area contributed by atoms with E-state index >= 15 is 0 Å². The van der Waals surface area contributed by atoms with Gasteiger partial charge in [-0.2, -0.15) is 0 Å². The Morgan fingerprint density at radius 3 is 2.58 bits per heavy atom. The van der Waals surface area contributed by atoms with Gasteiger partial charge in [0.25, 0.3) is 0 Å². The Morgan fingerprint density at radius 2 is 1.92 bits per heavy atom. The van der Waals surface area contributed by atoms with Crippen molar-refractivity contribution in [1.82, 2.24) is 0 Å². The van der Waals surface area contributed by atoms with E-state index in [1.165, 1.54) is 22.6 Å². The maximum absolute atomic E-state index is 3.54. The molecule has 2 aromatic rings. The number of hydrogen-bond donors (Lipinski definition) is 0. The summed E-state index contributed by atoms with van der Waals surface area (Å²) in [6.45, 7) is 0. The van der Waals surface area contributed by atoms with Crippen LogP contribution in [-0.4, -0.2) is 0 Å². The van der Waals surface area contributed by atoms with E-state index in [0.29, 0.717) is 0 Å². The molecule has 1 aromatic heterocycles. The zero-order chi connectivity index (χ0) is 8.72. The van der Waals surface area contributed by atoms with Gasteiger partial charge in [-0.3, -0.25) is 0 Å². The summed E-state index contributed by atoms with van der Waals surface area (Å²) >= 11 is 11.2. The number of halogens is 3. The Hall–Kier alpha value is 0.870. The molecule has 0 aliphatic carbocycles. The number of hydrogen-bond acceptors (Lipinski definition) is 1. The van der Waals surface area contributed by atoms with E-state index in [4.69, 9.17) is 0 Å². The molecule has 0 fully saturated rings. The second-order valence-corrected chi connectivity index (χ2v) is 6.07. The molecular weight excluding hydrogens is 415 g/mol. The van der Waals surface area contributed by atoms with Crippen LogP contribution in [0.25, 0.3) is 10.1 Å². The van der Waals surface area contributed by atoms with Crippen LogP contribution in [0.2, 0.25) is 0 Å². The molecule has 0 aliphatic heterocycles. The molecule has 0 spiro atoms. The molecule has 1 aromatic carbocycles. The number of benzene rings is 1. The largest absolute Gasteiger partial charge is 0.141 e. The van der Waals surface area contributed by atoms with Crippen LogP contribution < -0.4 is 0 Å². The molecule has 0 saturated heterocycles.